The van der Waals surface area contributed by atoms with Crippen LogP contribution in [0.3, 0.4) is 0 Å². The summed E-state index contributed by atoms with van der Waals surface area (Å²) in [6.45, 7) is 8.98. The number of anilines is 1. The Bertz CT molecular complexity index is 460. The molecule has 1 aliphatic heterocycles. The van der Waals surface area contributed by atoms with Gasteiger partial charge < -0.3 is 10.2 Å². The summed E-state index contributed by atoms with van der Waals surface area (Å²) >= 11 is 1.38. The first-order valence-electron chi connectivity index (χ1n) is 7.94. The van der Waals surface area contributed by atoms with Crippen LogP contribution in [-0.2, 0) is 11.3 Å². The van der Waals surface area contributed by atoms with Crippen molar-refractivity contribution in [2.24, 2.45) is 11.8 Å². The van der Waals surface area contributed by atoms with E-state index in [0.29, 0.717) is 24.8 Å². The van der Waals surface area contributed by atoms with Crippen LogP contribution in [0.25, 0.3) is 0 Å². The topological polar surface area (TPSA) is 58.1 Å². The van der Waals surface area contributed by atoms with Gasteiger partial charge in [-0.1, -0.05) is 25.3 Å². The number of likely N-dealkylation sites (tertiary alicyclic amines) is 1. The Morgan fingerprint density at radius 3 is 2.95 bits per heavy atom. The molecule has 1 aliphatic rings. The SMILES string of the molecule is CCCNc1snnc1CN1CCC(C(C)C)CCC1=O. The molecule has 1 aromatic heterocycles. The maximum atomic E-state index is 12.3. The third kappa shape index (κ3) is 4.40. The highest BCUT2D eigenvalue weighted by Gasteiger charge is 2.25. The van der Waals surface area contributed by atoms with Crippen molar-refractivity contribution in [3.63, 3.8) is 0 Å². The first-order chi connectivity index (χ1) is 10.1. The van der Waals surface area contributed by atoms with Gasteiger partial charge in [0.2, 0.25) is 5.91 Å². The van der Waals surface area contributed by atoms with Crippen molar-refractivity contribution < 1.29 is 4.79 Å². The Balaban J connectivity index is 1.98. The van der Waals surface area contributed by atoms with Crippen LogP contribution < -0.4 is 5.32 Å². The molecule has 118 valence electrons. The summed E-state index contributed by atoms with van der Waals surface area (Å²) in [6, 6.07) is 0. The zero-order valence-electron chi connectivity index (χ0n) is 13.3. The normalized spacial score (nSPS) is 19.9. The van der Waals surface area contributed by atoms with Gasteiger partial charge in [-0.25, -0.2) is 0 Å². The molecule has 0 saturated carbocycles. The number of amides is 1. The van der Waals surface area contributed by atoms with Crippen LogP contribution in [0.15, 0.2) is 0 Å². The lowest BCUT2D eigenvalue weighted by Crippen LogP contribution is -2.30. The minimum atomic E-state index is 0.257. The summed E-state index contributed by atoms with van der Waals surface area (Å²) in [5, 5.41) is 8.55. The van der Waals surface area contributed by atoms with Gasteiger partial charge in [0, 0.05) is 31.0 Å². The fraction of sp³-hybridized carbons (Fsp3) is 0.800. The second kappa shape index (κ2) is 7.73. The summed E-state index contributed by atoms with van der Waals surface area (Å²) in [5.74, 6) is 1.57. The lowest BCUT2D eigenvalue weighted by molar-refractivity contribution is -0.131. The summed E-state index contributed by atoms with van der Waals surface area (Å²) in [7, 11) is 0. The number of aromatic nitrogens is 2. The molecule has 0 radical (unpaired) electrons. The summed E-state index contributed by atoms with van der Waals surface area (Å²) in [5.41, 5.74) is 0.907. The fourth-order valence-electron chi connectivity index (χ4n) is 2.76. The average Bonchev–Trinajstić information content (AvgIpc) is 2.81. The first kappa shape index (κ1) is 16.2. The molecule has 5 nitrogen and oxygen atoms in total. The molecule has 1 atom stereocenters. The van der Waals surface area contributed by atoms with E-state index in [1.54, 1.807) is 0 Å². The van der Waals surface area contributed by atoms with Gasteiger partial charge in [-0.15, -0.1) is 5.10 Å². The number of nitrogens with zero attached hydrogens (tertiary/aromatic N) is 3. The van der Waals surface area contributed by atoms with Crippen molar-refractivity contribution >= 4 is 22.4 Å². The van der Waals surface area contributed by atoms with E-state index >= 15 is 0 Å². The van der Waals surface area contributed by atoms with E-state index in [-0.39, 0.29) is 5.91 Å². The maximum absolute atomic E-state index is 12.3. The maximum Gasteiger partial charge on any atom is 0.222 e. The molecular formula is C15H26N4OS. The second-order valence-corrected chi connectivity index (χ2v) is 6.88. The van der Waals surface area contributed by atoms with Crippen LogP contribution in [-0.4, -0.2) is 33.5 Å². The Kier molecular flexibility index (Phi) is 5.96. The van der Waals surface area contributed by atoms with Crippen LogP contribution in [0.5, 0.6) is 0 Å². The van der Waals surface area contributed by atoms with E-state index < -0.39 is 0 Å². The van der Waals surface area contributed by atoms with E-state index in [9.17, 15) is 4.79 Å². The Morgan fingerprint density at radius 2 is 2.24 bits per heavy atom. The first-order valence-corrected chi connectivity index (χ1v) is 8.72. The standard InChI is InChI=1S/C15H26N4OS/c1-4-8-16-15-13(17-18-21-15)10-19-9-7-12(11(2)3)5-6-14(19)20/h11-12,16H,4-10H2,1-3H3. The highest BCUT2D eigenvalue weighted by molar-refractivity contribution is 7.10. The third-order valence-corrected chi connectivity index (χ3v) is 4.95. The molecular weight excluding hydrogens is 284 g/mol. The number of hydrogen-bond acceptors (Lipinski definition) is 5. The van der Waals surface area contributed by atoms with Gasteiger partial charge in [0.25, 0.3) is 0 Å². The molecule has 2 rings (SSSR count). The van der Waals surface area contributed by atoms with E-state index in [1.807, 2.05) is 4.90 Å². The van der Waals surface area contributed by atoms with E-state index in [4.69, 9.17) is 0 Å². The minimum Gasteiger partial charge on any atom is -0.374 e. The van der Waals surface area contributed by atoms with E-state index in [1.165, 1.54) is 11.5 Å². The molecule has 1 fully saturated rings. The van der Waals surface area contributed by atoms with Gasteiger partial charge in [0.15, 0.2) is 0 Å². The quantitative estimate of drug-likeness (QED) is 0.877. The van der Waals surface area contributed by atoms with Crippen molar-refractivity contribution in [1.82, 2.24) is 14.5 Å². The number of carbonyl (C=O) groups is 1. The fourth-order valence-corrected chi connectivity index (χ4v) is 3.36. The summed E-state index contributed by atoms with van der Waals surface area (Å²) in [4.78, 5) is 14.2. The molecule has 0 spiro atoms. The van der Waals surface area contributed by atoms with E-state index in [2.05, 4.69) is 35.7 Å². The van der Waals surface area contributed by atoms with Gasteiger partial charge in [-0.3, -0.25) is 4.79 Å². The molecule has 1 aromatic rings. The molecule has 1 saturated heterocycles. The predicted molar refractivity (Wildman–Crippen MR) is 86.3 cm³/mol. The molecule has 6 heteroatoms. The minimum absolute atomic E-state index is 0.257. The highest BCUT2D eigenvalue weighted by Crippen LogP contribution is 2.27. The molecule has 0 aromatic carbocycles. The van der Waals surface area contributed by atoms with Gasteiger partial charge in [0.05, 0.1) is 6.54 Å². The van der Waals surface area contributed by atoms with Gasteiger partial charge in [0.1, 0.15) is 10.7 Å². The van der Waals surface area contributed by atoms with Crippen molar-refractivity contribution in [3.05, 3.63) is 5.69 Å². The van der Waals surface area contributed by atoms with Crippen molar-refractivity contribution in [3.8, 4) is 0 Å². The lowest BCUT2D eigenvalue weighted by atomic mass is 9.89. The van der Waals surface area contributed by atoms with Gasteiger partial charge in [-0.2, -0.15) is 0 Å². The second-order valence-electron chi connectivity index (χ2n) is 6.12. The largest absolute Gasteiger partial charge is 0.374 e. The van der Waals surface area contributed by atoms with Crippen molar-refractivity contribution in [1.29, 1.82) is 0 Å². The lowest BCUT2D eigenvalue weighted by Gasteiger charge is -2.21. The predicted octanol–water partition coefficient (Wildman–Crippen LogP) is 3.14. The van der Waals surface area contributed by atoms with Gasteiger partial charge >= 0.3 is 0 Å². The number of hydrogen-bond donors (Lipinski definition) is 1. The van der Waals surface area contributed by atoms with Gasteiger partial charge in [-0.05, 0) is 31.1 Å². The molecule has 0 bridgehead atoms. The van der Waals surface area contributed by atoms with Crippen LogP contribution >= 0.6 is 11.5 Å². The summed E-state index contributed by atoms with van der Waals surface area (Å²) < 4.78 is 4.02. The zero-order chi connectivity index (χ0) is 15.2. The summed E-state index contributed by atoms with van der Waals surface area (Å²) in [6.07, 6.45) is 3.84. The molecule has 1 unspecified atom stereocenters. The van der Waals surface area contributed by atoms with Crippen molar-refractivity contribution in [2.45, 2.75) is 53.0 Å². The molecule has 1 amide bonds. The highest BCUT2D eigenvalue weighted by atomic mass is 32.1. The third-order valence-electron chi connectivity index (χ3n) is 4.23. The number of rotatable bonds is 6. The van der Waals surface area contributed by atoms with E-state index in [0.717, 1.165) is 43.0 Å². The molecule has 0 aliphatic carbocycles. The van der Waals surface area contributed by atoms with Crippen LogP contribution in [0.1, 0.15) is 52.1 Å². The smallest absolute Gasteiger partial charge is 0.222 e. The molecule has 2 heterocycles. The number of carbonyl (C=O) groups excluding carboxylic acids is 1. The zero-order valence-corrected chi connectivity index (χ0v) is 14.1. The monoisotopic (exact) mass is 310 g/mol. The van der Waals surface area contributed by atoms with Crippen LogP contribution in [0.4, 0.5) is 5.00 Å². The Labute approximate surface area is 131 Å². The van der Waals surface area contributed by atoms with Crippen molar-refractivity contribution in [2.75, 3.05) is 18.4 Å². The molecule has 21 heavy (non-hydrogen) atoms. The Morgan fingerprint density at radius 1 is 1.43 bits per heavy atom. The van der Waals surface area contributed by atoms with Crippen LogP contribution in [0, 0.1) is 11.8 Å². The number of nitrogens with one attached hydrogen (secondary N) is 1. The van der Waals surface area contributed by atoms with Crippen LogP contribution in [0.2, 0.25) is 0 Å². The molecule has 1 N–H and O–H groups in total. The Hall–Kier alpha value is -1.17. The average molecular weight is 310 g/mol.